The van der Waals surface area contributed by atoms with Crippen LogP contribution in [0.5, 0.6) is 5.75 Å². The smallest absolute Gasteiger partial charge is 0.121 e. The molecule has 0 saturated carbocycles. The van der Waals surface area contributed by atoms with Crippen LogP contribution >= 0.6 is 23.2 Å². The Hall–Kier alpha value is -1.58. The molecule has 2 rings (SSSR count). The molecule has 0 aliphatic carbocycles. The minimum absolute atomic E-state index is 0.630. The number of halogens is 2. The fourth-order valence-electron chi connectivity index (χ4n) is 2.10. The molecule has 3 nitrogen and oxygen atoms in total. The second-order valence-corrected chi connectivity index (χ2v) is 6.11. The standard InChI is InChI=1S/C18H22Cl2N2O/c1-2-3-9-23-18-6-4-5-16(13-18)21-7-8-22-17-11-14(19)10-15(20)12-17/h4-6,10-13,21-22H,2-3,7-9H2,1H3. The van der Waals surface area contributed by atoms with Crippen molar-refractivity contribution in [2.45, 2.75) is 19.8 Å². The Morgan fingerprint density at radius 3 is 2.30 bits per heavy atom. The van der Waals surface area contributed by atoms with E-state index in [1.807, 2.05) is 36.4 Å². The predicted molar refractivity (Wildman–Crippen MR) is 100 cm³/mol. The quantitative estimate of drug-likeness (QED) is 0.568. The summed E-state index contributed by atoms with van der Waals surface area (Å²) in [6.07, 6.45) is 2.21. The van der Waals surface area contributed by atoms with Crippen LogP contribution in [0.4, 0.5) is 11.4 Å². The van der Waals surface area contributed by atoms with Crippen molar-refractivity contribution in [3.05, 3.63) is 52.5 Å². The average molecular weight is 353 g/mol. The van der Waals surface area contributed by atoms with Gasteiger partial charge in [-0.1, -0.05) is 42.6 Å². The average Bonchev–Trinajstić information content (AvgIpc) is 2.51. The van der Waals surface area contributed by atoms with Crippen LogP contribution in [0.2, 0.25) is 10.0 Å². The first-order valence-corrected chi connectivity index (χ1v) is 8.59. The van der Waals surface area contributed by atoms with Gasteiger partial charge in [0.25, 0.3) is 0 Å². The highest BCUT2D eigenvalue weighted by Gasteiger charge is 1.99. The molecular weight excluding hydrogens is 331 g/mol. The maximum atomic E-state index is 5.97. The molecule has 2 aromatic carbocycles. The van der Waals surface area contributed by atoms with Crippen LogP contribution in [0.3, 0.4) is 0 Å². The van der Waals surface area contributed by atoms with E-state index >= 15 is 0 Å². The van der Waals surface area contributed by atoms with Gasteiger partial charge < -0.3 is 15.4 Å². The van der Waals surface area contributed by atoms with E-state index in [2.05, 4.69) is 17.6 Å². The van der Waals surface area contributed by atoms with E-state index < -0.39 is 0 Å². The van der Waals surface area contributed by atoms with Crippen LogP contribution in [-0.2, 0) is 0 Å². The molecule has 0 heterocycles. The second-order valence-electron chi connectivity index (χ2n) is 5.24. The first kappa shape index (κ1) is 17.8. The van der Waals surface area contributed by atoms with Crippen molar-refractivity contribution in [3.63, 3.8) is 0 Å². The van der Waals surface area contributed by atoms with Gasteiger partial charge in [0, 0.05) is 40.6 Å². The van der Waals surface area contributed by atoms with E-state index in [0.29, 0.717) is 10.0 Å². The molecule has 0 bridgehead atoms. The number of hydrogen-bond donors (Lipinski definition) is 2. The summed E-state index contributed by atoms with van der Waals surface area (Å²) < 4.78 is 5.70. The third-order valence-corrected chi connectivity index (χ3v) is 3.68. The maximum Gasteiger partial charge on any atom is 0.121 e. The molecule has 5 heteroatoms. The molecule has 124 valence electrons. The van der Waals surface area contributed by atoms with Crippen LogP contribution in [0, 0.1) is 0 Å². The van der Waals surface area contributed by atoms with Gasteiger partial charge in [0.1, 0.15) is 5.75 Å². The molecule has 0 unspecified atom stereocenters. The molecule has 2 N–H and O–H groups in total. The zero-order valence-electron chi connectivity index (χ0n) is 13.2. The van der Waals surface area contributed by atoms with E-state index in [4.69, 9.17) is 27.9 Å². The highest BCUT2D eigenvalue weighted by Crippen LogP contribution is 2.22. The third-order valence-electron chi connectivity index (χ3n) is 3.25. The van der Waals surface area contributed by atoms with Gasteiger partial charge in [-0.05, 0) is 36.8 Å². The molecule has 0 aromatic heterocycles. The number of anilines is 2. The van der Waals surface area contributed by atoms with E-state index in [-0.39, 0.29) is 0 Å². The van der Waals surface area contributed by atoms with Crippen LogP contribution in [0.25, 0.3) is 0 Å². The van der Waals surface area contributed by atoms with Gasteiger partial charge in [0.15, 0.2) is 0 Å². The Kier molecular flexibility index (Phi) is 7.37. The Morgan fingerprint density at radius 1 is 0.913 bits per heavy atom. The molecule has 0 aliphatic heterocycles. The van der Waals surface area contributed by atoms with Gasteiger partial charge in [-0.2, -0.15) is 0 Å². The molecule has 23 heavy (non-hydrogen) atoms. The molecule has 0 radical (unpaired) electrons. The van der Waals surface area contributed by atoms with Crippen molar-refractivity contribution in [3.8, 4) is 5.75 Å². The zero-order chi connectivity index (χ0) is 16.5. The molecule has 0 atom stereocenters. The number of rotatable bonds is 9. The Labute approximate surface area is 147 Å². The number of hydrogen-bond acceptors (Lipinski definition) is 3. The van der Waals surface area contributed by atoms with E-state index in [0.717, 1.165) is 49.7 Å². The fraction of sp³-hybridized carbons (Fsp3) is 0.333. The van der Waals surface area contributed by atoms with Crippen molar-refractivity contribution >= 4 is 34.6 Å². The SMILES string of the molecule is CCCCOc1cccc(NCCNc2cc(Cl)cc(Cl)c2)c1. The molecule has 2 aromatic rings. The van der Waals surface area contributed by atoms with Gasteiger partial charge in [0.2, 0.25) is 0 Å². The summed E-state index contributed by atoms with van der Waals surface area (Å²) in [5.74, 6) is 0.901. The van der Waals surface area contributed by atoms with Crippen molar-refractivity contribution in [2.75, 3.05) is 30.3 Å². The van der Waals surface area contributed by atoms with Crippen LogP contribution < -0.4 is 15.4 Å². The summed E-state index contributed by atoms with van der Waals surface area (Å²) in [6, 6.07) is 13.5. The van der Waals surface area contributed by atoms with Gasteiger partial charge in [-0.15, -0.1) is 0 Å². The highest BCUT2D eigenvalue weighted by atomic mass is 35.5. The first-order valence-electron chi connectivity index (χ1n) is 7.84. The third kappa shape index (κ3) is 6.59. The molecule has 0 fully saturated rings. The van der Waals surface area contributed by atoms with Crippen molar-refractivity contribution < 1.29 is 4.74 Å². The lowest BCUT2D eigenvalue weighted by atomic mass is 10.3. The van der Waals surface area contributed by atoms with Crippen LogP contribution in [0.1, 0.15) is 19.8 Å². The first-order chi connectivity index (χ1) is 11.2. The Morgan fingerprint density at radius 2 is 1.61 bits per heavy atom. The summed E-state index contributed by atoms with van der Waals surface area (Å²) in [6.45, 7) is 4.46. The molecule has 0 amide bonds. The van der Waals surface area contributed by atoms with E-state index in [9.17, 15) is 0 Å². The van der Waals surface area contributed by atoms with E-state index in [1.54, 1.807) is 6.07 Å². The lowest BCUT2D eigenvalue weighted by molar-refractivity contribution is 0.309. The number of unbranched alkanes of at least 4 members (excludes halogenated alkanes) is 1. The zero-order valence-corrected chi connectivity index (χ0v) is 14.8. The van der Waals surface area contributed by atoms with Crippen molar-refractivity contribution in [1.82, 2.24) is 0 Å². The van der Waals surface area contributed by atoms with Crippen LogP contribution in [-0.4, -0.2) is 19.7 Å². The van der Waals surface area contributed by atoms with E-state index in [1.165, 1.54) is 0 Å². The molecule has 0 spiro atoms. The monoisotopic (exact) mass is 352 g/mol. The summed E-state index contributed by atoms with van der Waals surface area (Å²) in [4.78, 5) is 0. The highest BCUT2D eigenvalue weighted by molar-refractivity contribution is 6.35. The summed E-state index contributed by atoms with van der Waals surface area (Å²) in [7, 11) is 0. The predicted octanol–water partition coefficient (Wildman–Crippen LogP) is 5.70. The maximum absolute atomic E-state index is 5.97. The Balaban J connectivity index is 1.76. The van der Waals surface area contributed by atoms with Crippen molar-refractivity contribution in [2.24, 2.45) is 0 Å². The number of benzene rings is 2. The second kappa shape index (κ2) is 9.53. The Bertz CT molecular complexity index is 599. The van der Waals surface area contributed by atoms with Crippen LogP contribution in [0.15, 0.2) is 42.5 Å². The van der Waals surface area contributed by atoms with Gasteiger partial charge in [-0.25, -0.2) is 0 Å². The lowest BCUT2D eigenvalue weighted by Crippen LogP contribution is -2.13. The minimum atomic E-state index is 0.630. The van der Waals surface area contributed by atoms with Gasteiger partial charge in [-0.3, -0.25) is 0 Å². The molecular formula is C18H22Cl2N2O. The topological polar surface area (TPSA) is 33.3 Å². The summed E-state index contributed by atoms with van der Waals surface area (Å²) >= 11 is 11.9. The lowest BCUT2D eigenvalue weighted by Gasteiger charge is -2.11. The normalized spacial score (nSPS) is 10.4. The van der Waals surface area contributed by atoms with Crippen molar-refractivity contribution in [1.29, 1.82) is 0 Å². The summed E-state index contributed by atoms with van der Waals surface area (Å²) in [5.41, 5.74) is 1.96. The number of nitrogens with one attached hydrogen (secondary N) is 2. The van der Waals surface area contributed by atoms with Gasteiger partial charge in [0.05, 0.1) is 6.61 Å². The molecule has 0 saturated heterocycles. The number of ether oxygens (including phenoxy) is 1. The van der Waals surface area contributed by atoms with Gasteiger partial charge >= 0.3 is 0 Å². The minimum Gasteiger partial charge on any atom is -0.494 e. The summed E-state index contributed by atoms with van der Waals surface area (Å²) in [5, 5.41) is 7.92. The molecule has 0 aliphatic rings. The largest absolute Gasteiger partial charge is 0.494 e. The fourth-order valence-corrected chi connectivity index (χ4v) is 2.63.